The number of unbranched alkanes of at least 4 members (excludes halogenated alkanes) is 2. The van der Waals surface area contributed by atoms with E-state index < -0.39 is 0 Å². The second-order valence-electron chi connectivity index (χ2n) is 8.92. The number of nitrogen functional groups attached to an aromatic ring is 1. The van der Waals surface area contributed by atoms with Crippen molar-refractivity contribution in [3.05, 3.63) is 83.4 Å². The molecule has 8 heteroatoms. The topological polar surface area (TPSA) is 111 Å². The van der Waals surface area contributed by atoms with Gasteiger partial charge in [0.05, 0.1) is 24.5 Å². The van der Waals surface area contributed by atoms with Gasteiger partial charge in [0.1, 0.15) is 5.75 Å². The molecule has 0 aliphatic heterocycles. The Kier molecular flexibility index (Phi) is 10.3. The summed E-state index contributed by atoms with van der Waals surface area (Å²) >= 11 is 0. The molecule has 0 saturated carbocycles. The van der Waals surface area contributed by atoms with Crippen molar-refractivity contribution >= 4 is 34.8 Å². The van der Waals surface area contributed by atoms with Gasteiger partial charge in [0.15, 0.2) is 0 Å². The molecule has 0 aliphatic rings. The molecule has 3 aromatic carbocycles. The molecule has 0 unspecified atom stereocenters. The van der Waals surface area contributed by atoms with E-state index in [0.29, 0.717) is 53.6 Å². The van der Waals surface area contributed by atoms with Crippen LogP contribution in [0, 0.1) is 6.92 Å². The number of hydrogen-bond donors (Lipinski definition) is 2. The first-order chi connectivity index (χ1) is 18.3. The average molecular weight is 518 g/mol. The largest absolute Gasteiger partial charge is 0.491 e. The minimum Gasteiger partial charge on any atom is -0.491 e. The van der Waals surface area contributed by atoms with E-state index in [4.69, 9.17) is 15.2 Å². The summed E-state index contributed by atoms with van der Waals surface area (Å²) in [6.07, 6.45) is 2.78. The lowest BCUT2D eigenvalue weighted by Gasteiger charge is -2.21. The molecule has 0 heterocycles. The van der Waals surface area contributed by atoms with E-state index in [0.717, 1.165) is 24.8 Å². The van der Waals surface area contributed by atoms with Crippen LogP contribution in [0.5, 0.6) is 5.75 Å². The molecular formula is C30H35N3O5. The number of anilines is 3. The molecule has 0 aromatic heterocycles. The van der Waals surface area contributed by atoms with Crippen LogP contribution >= 0.6 is 0 Å². The molecule has 0 bridgehead atoms. The van der Waals surface area contributed by atoms with Gasteiger partial charge in [-0.3, -0.25) is 14.4 Å². The van der Waals surface area contributed by atoms with Crippen LogP contribution in [-0.2, 0) is 9.53 Å². The second kappa shape index (κ2) is 13.8. The van der Waals surface area contributed by atoms with Gasteiger partial charge in [-0.05, 0) is 87.2 Å². The first-order valence-corrected chi connectivity index (χ1v) is 12.7. The number of rotatable bonds is 12. The number of carbonyl (C=O) groups is 3. The average Bonchev–Trinajstić information content (AvgIpc) is 2.90. The summed E-state index contributed by atoms with van der Waals surface area (Å²) in [7, 11) is 1.70. The molecule has 3 rings (SSSR count). The monoisotopic (exact) mass is 517 g/mol. The molecule has 3 N–H and O–H groups in total. The van der Waals surface area contributed by atoms with Crippen molar-refractivity contribution in [3.8, 4) is 5.75 Å². The number of para-hydroxylation sites is 1. The molecule has 0 radical (unpaired) electrons. The molecular weight excluding hydrogens is 482 g/mol. The molecule has 8 nitrogen and oxygen atoms in total. The summed E-state index contributed by atoms with van der Waals surface area (Å²) in [6, 6.07) is 19.2. The fourth-order valence-corrected chi connectivity index (χ4v) is 3.88. The van der Waals surface area contributed by atoms with Gasteiger partial charge >= 0.3 is 5.97 Å². The number of hydrogen-bond acceptors (Lipinski definition) is 6. The van der Waals surface area contributed by atoms with Crippen molar-refractivity contribution < 1.29 is 23.9 Å². The van der Waals surface area contributed by atoms with Crippen LogP contribution in [0.1, 0.15) is 58.9 Å². The third kappa shape index (κ3) is 7.83. The maximum absolute atomic E-state index is 13.2. The Morgan fingerprint density at radius 2 is 1.68 bits per heavy atom. The van der Waals surface area contributed by atoms with Crippen molar-refractivity contribution in [3.63, 3.8) is 0 Å². The number of nitrogens with two attached hydrogens (primary N) is 1. The fraction of sp³-hybridized carbons (Fsp3) is 0.300. The van der Waals surface area contributed by atoms with Crippen LogP contribution in [0.15, 0.2) is 66.7 Å². The number of amides is 2. The van der Waals surface area contributed by atoms with Gasteiger partial charge in [-0.15, -0.1) is 0 Å². The lowest BCUT2D eigenvalue weighted by atomic mass is 10.1. The van der Waals surface area contributed by atoms with E-state index >= 15 is 0 Å². The minimum absolute atomic E-state index is 0.175. The Labute approximate surface area is 223 Å². The third-order valence-electron chi connectivity index (χ3n) is 5.96. The van der Waals surface area contributed by atoms with Gasteiger partial charge in [-0.25, -0.2) is 0 Å². The van der Waals surface area contributed by atoms with Gasteiger partial charge in [-0.2, -0.15) is 0 Å². The first-order valence-electron chi connectivity index (χ1n) is 12.7. The third-order valence-corrected chi connectivity index (χ3v) is 5.96. The number of esters is 1. The van der Waals surface area contributed by atoms with Crippen molar-refractivity contribution in [2.24, 2.45) is 0 Å². The van der Waals surface area contributed by atoms with Crippen LogP contribution in [0.25, 0.3) is 0 Å². The predicted molar refractivity (Wildman–Crippen MR) is 150 cm³/mol. The number of benzene rings is 3. The van der Waals surface area contributed by atoms with Crippen molar-refractivity contribution in [1.29, 1.82) is 0 Å². The summed E-state index contributed by atoms with van der Waals surface area (Å²) in [5.41, 5.74) is 9.36. The highest BCUT2D eigenvalue weighted by Crippen LogP contribution is 2.30. The Balaban J connectivity index is 1.60. The van der Waals surface area contributed by atoms with Crippen LogP contribution in [0.4, 0.5) is 17.1 Å². The Morgan fingerprint density at radius 1 is 0.947 bits per heavy atom. The smallest absolute Gasteiger partial charge is 0.305 e. The van der Waals surface area contributed by atoms with E-state index in [2.05, 4.69) is 5.32 Å². The quantitative estimate of drug-likeness (QED) is 0.184. The zero-order valence-corrected chi connectivity index (χ0v) is 22.2. The lowest BCUT2D eigenvalue weighted by Crippen LogP contribution is -2.27. The van der Waals surface area contributed by atoms with E-state index in [1.807, 2.05) is 25.1 Å². The highest BCUT2D eigenvalue weighted by molar-refractivity contribution is 6.09. The molecule has 200 valence electrons. The van der Waals surface area contributed by atoms with E-state index in [9.17, 15) is 14.4 Å². The fourth-order valence-electron chi connectivity index (χ4n) is 3.88. The second-order valence-corrected chi connectivity index (χ2v) is 8.92. The maximum Gasteiger partial charge on any atom is 0.305 e. The van der Waals surface area contributed by atoms with Crippen LogP contribution in [0.3, 0.4) is 0 Å². The van der Waals surface area contributed by atoms with Gasteiger partial charge in [0, 0.05) is 30.4 Å². The van der Waals surface area contributed by atoms with Crippen molar-refractivity contribution in [2.75, 3.05) is 36.2 Å². The summed E-state index contributed by atoms with van der Waals surface area (Å²) in [6.45, 7) is 4.63. The van der Waals surface area contributed by atoms with E-state index in [-0.39, 0.29) is 17.8 Å². The van der Waals surface area contributed by atoms with E-state index in [1.54, 1.807) is 67.4 Å². The van der Waals surface area contributed by atoms with Crippen molar-refractivity contribution in [1.82, 2.24) is 0 Å². The molecule has 0 fully saturated rings. The Hall–Kier alpha value is -4.33. The highest BCUT2D eigenvalue weighted by atomic mass is 16.5. The summed E-state index contributed by atoms with van der Waals surface area (Å²) in [5.74, 6) is -0.0821. The summed E-state index contributed by atoms with van der Waals surface area (Å²) in [5, 5.41) is 2.80. The van der Waals surface area contributed by atoms with Gasteiger partial charge in [-0.1, -0.05) is 18.2 Å². The first kappa shape index (κ1) is 28.2. The normalized spacial score (nSPS) is 10.5. The number of aryl methyl sites for hydroxylation is 1. The van der Waals surface area contributed by atoms with Gasteiger partial charge < -0.3 is 25.4 Å². The Bertz CT molecular complexity index is 1260. The van der Waals surface area contributed by atoms with Gasteiger partial charge in [0.25, 0.3) is 11.8 Å². The number of carbonyl (C=O) groups excluding carboxylic acids is 3. The Morgan fingerprint density at radius 3 is 2.39 bits per heavy atom. The number of ether oxygens (including phenoxy) is 2. The van der Waals surface area contributed by atoms with Crippen LogP contribution < -0.4 is 20.7 Å². The van der Waals surface area contributed by atoms with Crippen LogP contribution in [-0.4, -0.2) is 38.0 Å². The van der Waals surface area contributed by atoms with Crippen molar-refractivity contribution in [2.45, 2.75) is 39.5 Å². The molecule has 3 aromatic rings. The molecule has 0 aliphatic carbocycles. The molecule has 0 saturated heterocycles. The summed E-state index contributed by atoms with van der Waals surface area (Å²) < 4.78 is 11.0. The predicted octanol–water partition coefficient (Wildman–Crippen LogP) is 5.61. The number of nitrogens with zero attached hydrogens (tertiary/aromatic N) is 1. The highest BCUT2D eigenvalue weighted by Gasteiger charge is 2.18. The summed E-state index contributed by atoms with van der Waals surface area (Å²) in [4.78, 5) is 38.8. The maximum atomic E-state index is 13.2. The molecule has 0 spiro atoms. The van der Waals surface area contributed by atoms with Gasteiger partial charge in [0.2, 0.25) is 0 Å². The minimum atomic E-state index is -0.318. The molecule has 38 heavy (non-hydrogen) atoms. The standard InChI is InChI=1S/C30H35N3O5/c1-4-37-28(34)12-6-5-9-19-38-27-20-21(2)13-18-26(27)33(3)30(36)22-14-16-23(17-15-22)32-29(35)24-10-7-8-11-25(24)31/h7-8,10-11,13-18,20H,4-6,9,12,19,31H2,1-3H3,(H,32,35). The molecule has 2 amide bonds. The molecule has 0 atom stereocenters. The van der Waals surface area contributed by atoms with E-state index in [1.165, 1.54) is 0 Å². The lowest BCUT2D eigenvalue weighted by molar-refractivity contribution is -0.143. The number of nitrogens with one attached hydrogen (secondary N) is 1. The SMILES string of the molecule is CCOC(=O)CCCCCOc1cc(C)ccc1N(C)C(=O)c1ccc(NC(=O)c2ccccc2N)cc1. The zero-order chi connectivity index (χ0) is 27.5. The van der Waals surface area contributed by atoms with Crippen LogP contribution in [0.2, 0.25) is 0 Å². The zero-order valence-electron chi connectivity index (χ0n) is 22.2.